The van der Waals surface area contributed by atoms with Gasteiger partial charge in [-0.2, -0.15) is 9.97 Å². The number of hydrogen-bond acceptors (Lipinski definition) is 15. The highest BCUT2D eigenvalue weighted by Gasteiger charge is 2.50. The molecule has 7 heterocycles. The molecule has 3 saturated heterocycles. The molecular formula is C20H26N12O11P2. The van der Waals surface area contributed by atoms with Gasteiger partial charge >= 0.3 is 15.5 Å². The second-order valence-corrected chi connectivity index (χ2v) is 13.6. The molecule has 2 unspecified atom stereocenters. The minimum atomic E-state index is -4.72. The molecule has 4 aromatic rings. The number of aromatic nitrogens is 8. The fourth-order valence-electron chi connectivity index (χ4n) is 5.57. The van der Waals surface area contributed by atoms with Gasteiger partial charge in [-0.15, -0.1) is 0 Å². The van der Waals surface area contributed by atoms with Crippen LogP contribution >= 0.6 is 15.5 Å². The van der Waals surface area contributed by atoms with Gasteiger partial charge in [-0.1, -0.05) is 0 Å². The van der Waals surface area contributed by atoms with Gasteiger partial charge in [-0.3, -0.25) is 37.7 Å². The lowest BCUT2D eigenvalue weighted by atomic mass is 10.1. The van der Waals surface area contributed by atoms with Crippen LogP contribution in [-0.2, 0) is 27.7 Å². The summed E-state index contributed by atoms with van der Waals surface area (Å²) in [5, 5.41) is 16.0. The van der Waals surface area contributed by atoms with E-state index in [9.17, 15) is 33.6 Å². The molecule has 242 valence electrons. The average molecular weight is 672 g/mol. The number of ether oxygens (including phenoxy) is 2. The first-order valence-corrected chi connectivity index (χ1v) is 16.4. The van der Waals surface area contributed by atoms with E-state index in [0.29, 0.717) is 0 Å². The van der Waals surface area contributed by atoms with Crippen LogP contribution in [0.4, 0.5) is 11.9 Å². The van der Waals surface area contributed by atoms with Gasteiger partial charge in [0.2, 0.25) is 11.9 Å². The molecule has 23 nitrogen and oxygen atoms in total. The molecule has 0 bridgehead atoms. The van der Waals surface area contributed by atoms with Crippen molar-refractivity contribution in [1.29, 1.82) is 0 Å². The van der Waals surface area contributed by atoms with Gasteiger partial charge in [-0.05, 0) is 0 Å². The van der Waals surface area contributed by atoms with Crippen molar-refractivity contribution in [2.75, 3.05) is 24.7 Å². The van der Waals surface area contributed by atoms with Crippen LogP contribution in [0.2, 0.25) is 0 Å². The summed E-state index contributed by atoms with van der Waals surface area (Å²) < 4.78 is 51.4. The van der Waals surface area contributed by atoms with E-state index in [1.54, 1.807) is 0 Å². The minimum Gasteiger partial charge on any atom is -0.387 e. The minimum absolute atomic E-state index is 0.0166. The molecule has 0 aromatic carbocycles. The predicted octanol–water partition coefficient (Wildman–Crippen LogP) is -2.87. The van der Waals surface area contributed by atoms with Crippen molar-refractivity contribution in [3.8, 4) is 0 Å². The number of anilines is 2. The summed E-state index contributed by atoms with van der Waals surface area (Å²) in [7, 11) is -9.34. The van der Waals surface area contributed by atoms with Crippen molar-refractivity contribution in [2.45, 2.75) is 49.3 Å². The lowest BCUT2D eigenvalue weighted by molar-refractivity contribution is -0.0474. The van der Waals surface area contributed by atoms with Gasteiger partial charge in [-0.25, -0.2) is 29.3 Å². The number of nitrogens with one attached hydrogen (secondary N) is 4. The molecule has 9 atom stereocenters. The van der Waals surface area contributed by atoms with E-state index in [-0.39, 0.29) is 40.6 Å². The lowest BCUT2D eigenvalue weighted by Gasteiger charge is -2.28. The van der Waals surface area contributed by atoms with E-state index in [0.717, 1.165) is 6.33 Å². The van der Waals surface area contributed by atoms with E-state index in [2.05, 4.69) is 40.1 Å². The Morgan fingerprint density at radius 1 is 0.844 bits per heavy atom. The number of hydrogen-bond donors (Lipinski definition) is 9. The highest BCUT2D eigenvalue weighted by Crippen LogP contribution is 2.47. The Hall–Kier alpha value is -3.60. The number of aromatic amines is 2. The summed E-state index contributed by atoms with van der Waals surface area (Å²) in [4.78, 5) is 66.6. The van der Waals surface area contributed by atoms with E-state index in [4.69, 9.17) is 30.0 Å². The molecule has 0 radical (unpaired) electrons. The Bertz CT molecular complexity index is 2010. The van der Waals surface area contributed by atoms with E-state index >= 15 is 0 Å². The topological polar surface area (TPSA) is 335 Å². The zero-order valence-electron chi connectivity index (χ0n) is 22.7. The Morgan fingerprint density at radius 3 is 2.04 bits per heavy atom. The molecule has 3 aliphatic heterocycles. The maximum absolute atomic E-state index is 13.2. The lowest BCUT2D eigenvalue weighted by Crippen LogP contribution is -2.46. The van der Waals surface area contributed by atoms with Crippen molar-refractivity contribution < 1.29 is 42.5 Å². The number of nitrogens with zero attached hydrogens (tertiary/aromatic N) is 6. The van der Waals surface area contributed by atoms with Gasteiger partial charge < -0.3 is 35.8 Å². The van der Waals surface area contributed by atoms with Crippen LogP contribution in [-0.4, -0.2) is 97.5 Å². The third kappa shape index (κ3) is 5.47. The second kappa shape index (κ2) is 10.7. The largest absolute Gasteiger partial charge is 0.403 e. The van der Waals surface area contributed by atoms with E-state index < -0.39 is 82.7 Å². The molecule has 3 fully saturated rings. The quantitative estimate of drug-likeness (QED) is 0.0966. The number of H-pyrrole nitrogens is 2. The zero-order valence-corrected chi connectivity index (χ0v) is 24.4. The van der Waals surface area contributed by atoms with Gasteiger partial charge in [0.05, 0.1) is 44.1 Å². The summed E-state index contributed by atoms with van der Waals surface area (Å²) in [6.45, 7) is -1.23. The molecule has 25 heteroatoms. The number of rotatable bonds is 2. The number of aliphatic hydroxyl groups excluding tert-OH is 1. The molecular weight excluding hydrogens is 646 g/mol. The van der Waals surface area contributed by atoms with E-state index in [1.807, 2.05) is 0 Å². The smallest absolute Gasteiger partial charge is 0.387 e. The average Bonchev–Trinajstić information content (AvgIpc) is 3.71. The van der Waals surface area contributed by atoms with Crippen LogP contribution in [0.15, 0.2) is 22.2 Å². The van der Waals surface area contributed by atoms with E-state index in [1.165, 1.54) is 15.5 Å². The van der Waals surface area contributed by atoms with Crippen LogP contribution in [0.25, 0.3) is 22.3 Å². The molecule has 11 N–H and O–H groups in total. The first-order valence-electron chi connectivity index (χ1n) is 13.2. The van der Waals surface area contributed by atoms with Crippen molar-refractivity contribution in [3.05, 3.63) is 33.4 Å². The maximum Gasteiger partial charge on any atom is 0.403 e. The van der Waals surface area contributed by atoms with Gasteiger partial charge in [0, 0.05) is 6.42 Å². The highest BCUT2D eigenvalue weighted by atomic mass is 31.2. The van der Waals surface area contributed by atoms with Crippen LogP contribution in [0.1, 0.15) is 18.9 Å². The third-order valence-corrected chi connectivity index (χ3v) is 9.85. The van der Waals surface area contributed by atoms with Crippen molar-refractivity contribution in [3.63, 3.8) is 0 Å². The van der Waals surface area contributed by atoms with Crippen molar-refractivity contribution in [1.82, 2.24) is 49.2 Å². The molecule has 0 aliphatic carbocycles. The van der Waals surface area contributed by atoms with Crippen LogP contribution in [0.3, 0.4) is 0 Å². The summed E-state index contributed by atoms with van der Waals surface area (Å²) >= 11 is 0. The Morgan fingerprint density at radius 2 is 1.40 bits per heavy atom. The van der Waals surface area contributed by atoms with Gasteiger partial charge in [0.25, 0.3) is 11.1 Å². The monoisotopic (exact) mass is 672 g/mol. The number of imidazole rings is 2. The summed E-state index contributed by atoms with van der Waals surface area (Å²) in [6, 6.07) is -2.38. The Labute approximate surface area is 249 Å². The highest BCUT2D eigenvalue weighted by molar-refractivity contribution is 7.50. The number of aliphatic hydroxyl groups is 1. The Balaban J connectivity index is 1.16. The molecule has 45 heavy (non-hydrogen) atoms. The molecule has 0 saturated carbocycles. The number of nitrogen functional groups attached to an aromatic ring is 2. The standard InChI is InChI=1S/C20H26N12O11P2/c21-19-25-14-11(16(34)27-19)23-4-31(14)9-1-6-7(42-9)2-40-45(38,39)30-10-8(3-41-44(36,37)29-6)43-18(13(10)33)32-5-24-12-15(32)26-20(22)28-17(12)35/h4-10,13,18,33H,1-3H2,(H2,29,36,37)(H2,30,38,39)(H3,21,25,27,34)(H3,22,26,28,35)/t6-,7+,8+,9+,10+,13+,18+/m0/s1. The SMILES string of the molecule is Nc1nc2c(ncn2[C@@H]2O[C@@H]3COP(=O)(O)N[C@H]4C[C@H](n5cnc6c(=O)[nH]c(N)nc65)O[C@@H]4COP(=O)(O)N[C@H]3[C@H]2O)c(=O)[nH]1. The maximum atomic E-state index is 13.2. The third-order valence-electron chi connectivity index (χ3n) is 7.57. The van der Waals surface area contributed by atoms with Crippen LogP contribution in [0.5, 0.6) is 0 Å². The van der Waals surface area contributed by atoms with Crippen molar-refractivity contribution in [2.24, 2.45) is 0 Å². The first-order chi connectivity index (χ1) is 21.3. The molecule has 3 aliphatic rings. The second-order valence-electron chi connectivity index (χ2n) is 10.5. The number of nitrogens with two attached hydrogens (primary N) is 2. The first kappa shape index (κ1) is 30.1. The summed E-state index contributed by atoms with van der Waals surface area (Å²) in [6.07, 6.45) is -3.88. The molecule has 0 spiro atoms. The fraction of sp³-hybridized carbons (Fsp3) is 0.500. The van der Waals surface area contributed by atoms with Crippen molar-refractivity contribution >= 4 is 49.7 Å². The summed E-state index contributed by atoms with van der Waals surface area (Å²) in [5.74, 6) is -0.409. The molecule has 4 aromatic heterocycles. The van der Waals surface area contributed by atoms with Crippen LogP contribution < -0.4 is 32.8 Å². The molecule has 0 amide bonds. The molecule has 7 rings (SSSR count). The predicted molar refractivity (Wildman–Crippen MR) is 149 cm³/mol. The summed E-state index contributed by atoms with van der Waals surface area (Å²) in [5.41, 5.74) is 9.98. The Kier molecular flexibility index (Phi) is 7.18. The van der Waals surface area contributed by atoms with Gasteiger partial charge in [0.1, 0.15) is 18.4 Å². The normalized spacial score (nSPS) is 36.0. The van der Waals surface area contributed by atoms with Gasteiger partial charge in [0.15, 0.2) is 28.6 Å². The van der Waals surface area contributed by atoms with Crippen LogP contribution in [0, 0.1) is 0 Å². The fourth-order valence-corrected chi connectivity index (χ4v) is 7.80. The number of fused-ring (bicyclic) bond motifs is 4. The zero-order chi connectivity index (χ0) is 31.8.